The number of hydrogen-bond acceptors (Lipinski definition) is 0. The minimum atomic E-state index is -4.10. The van der Waals surface area contributed by atoms with Crippen molar-refractivity contribution in [3.8, 4) is 33.4 Å². The van der Waals surface area contributed by atoms with Gasteiger partial charge in [0.1, 0.15) is 0 Å². The van der Waals surface area contributed by atoms with Crippen molar-refractivity contribution < 1.29 is 17.9 Å². The van der Waals surface area contributed by atoms with E-state index in [1.807, 2.05) is 0 Å². The molecule has 0 fully saturated rings. The van der Waals surface area contributed by atoms with Crippen molar-refractivity contribution in [2.45, 2.75) is 63.4 Å². The van der Waals surface area contributed by atoms with Gasteiger partial charge in [-0.15, -0.1) is 0 Å². The molecule has 4 heteroatoms. The second-order valence-corrected chi connectivity index (χ2v) is 30.4. The van der Waals surface area contributed by atoms with E-state index in [9.17, 15) is 0 Å². The summed E-state index contributed by atoms with van der Waals surface area (Å²) in [6, 6.07) is 38.6. The third-order valence-corrected chi connectivity index (χ3v) is 24.5. The van der Waals surface area contributed by atoms with Crippen LogP contribution in [-0.4, -0.2) is 9.52 Å². The Morgan fingerprint density at radius 1 is 0.660 bits per heavy atom. The van der Waals surface area contributed by atoms with Crippen molar-refractivity contribution in [2.24, 2.45) is 5.92 Å². The molecule has 5 aromatic carbocycles. The Morgan fingerprint density at radius 2 is 1.32 bits per heavy atom. The summed E-state index contributed by atoms with van der Waals surface area (Å²) in [6.07, 6.45) is 3.50. The summed E-state index contributed by atoms with van der Waals surface area (Å²) in [5.74, 6) is 1.38. The Hall–Kier alpha value is -2.48. The average Bonchev–Trinajstić information content (AvgIpc) is 3.62. The summed E-state index contributed by atoms with van der Waals surface area (Å²) in [6.45, 7) is 13.9. The molecule has 0 N–H and O–H groups in total. The predicted octanol–water partition coefficient (Wildman–Crippen LogP) is 10.6. The molecule has 0 bridgehead atoms. The van der Waals surface area contributed by atoms with Crippen LogP contribution >= 0.6 is 17.0 Å². The van der Waals surface area contributed by atoms with E-state index < -0.39 is 27.4 Å². The van der Waals surface area contributed by atoms with Crippen molar-refractivity contribution in [3.05, 3.63) is 131 Å². The van der Waals surface area contributed by atoms with Crippen LogP contribution in [0.3, 0.4) is 0 Å². The molecule has 0 aromatic heterocycles. The van der Waals surface area contributed by atoms with Crippen molar-refractivity contribution in [3.63, 3.8) is 0 Å². The van der Waals surface area contributed by atoms with Gasteiger partial charge < -0.3 is 0 Å². The summed E-state index contributed by atoms with van der Waals surface area (Å²) < 4.78 is 1.36. The second kappa shape index (κ2) is 13.1. The Bertz CT molecular complexity index is 1980. The van der Waals surface area contributed by atoms with Gasteiger partial charge in [0.25, 0.3) is 0 Å². The number of halogens is 2. The summed E-state index contributed by atoms with van der Waals surface area (Å²) in [4.78, 5) is 0. The maximum atomic E-state index is 8.05. The maximum absolute atomic E-state index is 8.05. The Balaban J connectivity index is 1.47. The first kappa shape index (κ1) is 33.0. The van der Waals surface area contributed by atoms with Gasteiger partial charge in [0.05, 0.1) is 0 Å². The van der Waals surface area contributed by atoms with Crippen LogP contribution in [0.15, 0.2) is 109 Å². The van der Waals surface area contributed by atoms with Gasteiger partial charge in [-0.1, -0.05) is 0 Å². The van der Waals surface area contributed by atoms with E-state index in [0.717, 1.165) is 6.42 Å². The second-order valence-electron chi connectivity index (χ2n) is 14.6. The Labute approximate surface area is 295 Å². The molecule has 1 atom stereocenters. The van der Waals surface area contributed by atoms with E-state index in [1.165, 1.54) is 74.9 Å². The van der Waals surface area contributed by atoms with Gasteiger partial charge in [0.15, 0.2) is 0 Å². The molecule has 1 aliphatic carbocycles. The first-order valence-corrected chi connectivity index (χ1v) is 27.6. The summed E-state index contributed by atoms with van der Waals surface area (Å²) in [5, 5.41) is 3.00. The van der Waals surface area contributed by atoms with Crippen LogP contribution < -0.4 is 13.6 Å². The first-order chi connectivity index (χ1) is 22.5. The van der Waals surface area contributed by atoms with Gasteiger partial charge in [-0.3, -0.25) is 0 Å². The van der Waals surface area contributed by atoms with Crippen LogP contribution in [0.1, 0.15) is 85.7 Å². The minimum absolute atomic E-state index is 0.0654. The Kier molecular flexibility index (Phi) is 9.20. The SMILES string of the molecule is CC(C)CC1=Cc2c(ccc(-c3ccccc3)c2-c2cc(C(C)C)cc(C(C)C)c2)[CH]1[Zr]([Cl])([Cl])[c]1cccc2c1[SiH2]c1ccccc1-2. The van der Waals surface area contributed by atoms with Gasteiger partial charge in [0.2, 0.25) is 0 Å². The third-order valence-electron chi connectivity index (χ3n) is 10.2. The average molecular weight is 751 g/mol. The van der Waals surface area contributed by atoms with Gasteiger partial charge in [0, 0.05) is 0 Å². The number of fused-ring (bicyclic) bond motifs is 4. The van der Waals surface area contributed by atoms with Crippen molar-refractivity contribution >= 4 is 46.3 Å². The third kappa shape index (κ3) is 6.03. The molecule has 1 aliphatic heterocycles. The van der Waals surface area contributed by atoms with Crippen LogP contribution in [0.5, 0.6) is 0 Å². The summed E-state index contributed by atoms with van der Waals surface area (Å²) in [7, 11) is 15.4. The van der Waals surface area contributed by atoms with Crippen molar-refractivity contribution in [2.75, 3.05) is 0 Å². The number of benzene rings is 5. The van der Waals surface area contributed by atoms with Gasteiger partial charge in [-0.25, -0.2) is 0 Å². The molecule has 0 nitrogen and oxygen atoms in total. The van der Waals surface area contributed by atoms with E-state index in [-0.39, 0.29) is 3.63 Å². The molecule has 2 aliphatic rings. The molecule has 0 saturated carbocycles. The summed E-state index contributed by atoms with van der Waals surface area (Å²) in [5.41, 5.74) is 14.7. The van der Waals surface area contributed by atoms with Crippen LogP contribution in [0, 0.1) is 5.92 Å². The number of allylic oxidation sites excluding steroid dienone is 1. The molecule has 0 spiro atoms. The first-order valence-electron chi connectivity index (χ1n) is 17.2. The topological polar surface area (TPSA) is 0 Å². The van der Waals surface area contributed by atoms with E-state index in [4.69, 9.17) is 17.0 Å². The van der Waals surface area contributed by atoms with Crippen LogP contribution in [0.4, 0.5) is 0 Å². The van der Waals surface area contributed by atoms with Crippen LogP contribution in [-0.2, 0) is 17.9 Å². The van der Waals surface area contributed by atoms with Crippen molar-refractivity contribution in [1.29, 1.82) is 0 Å². The zero-order valence-electron chi connectivity index (χ0n) is 28.4. The van der Waals surface area contributed by atoms with E-state index in [1.54, 1.807) is 0 Å². The Morgan fingerprint density at radius 3 is 2.00 bits per heavy atom. The molecular formula is C43H44Cl2SiZr. The monoisotopic (exact) mass is 748 g/mol. The zero-order valence-corrected chi connectivity index (χ0v) is 33.8. The normalized spacial score (nSPS) is 15.8. The van der Waals surface area contributed by atoms with Crippen LogP contribution in [0.25, 0.3) is 39.5 Å². The molecular weight excluding hydrogens is 707 g/mol. The number of rotatable bonds is 8. The quantitative estimate of drug-likeness (QED) is 0.136. The molecule has 1 heterocycles. The van der Waals surface area contributed by atoms with E-state index in [0.29, 0.717) is 17.8 Å². The predicted molar refractivity (Wildman–Crippen MR) is 207 cm³/mol. The fourth-order valence-corrected chi connectivity index (χ4v) is 24.7. The van der Waals surface area contributed by atoms with E-state index >= 15 is 0 Å². The molecule has 5 aromatic rings. The van der Waals surface area contributed by atoms with Crippen molar-refractivity contribution in [1.82, 2.24) is 0 Å². The zero-order chi connectivity index (χ0) is 33.0. The molecule has 0 amide bonds. The molecule has 47 heavy (non-hydrogen) atoms. The standard InChI is InChI=1S/C31H35.C12H9Si.2ClH.Zr/c1-20(2)14-23-15-25-12-13-29(24-10-8-7-9-11-24)31(30(25)16-23)28-18-26(21(3)4)17-27(19-28)22(5)6;1-3-7-11-9(5-1)10-6-2-4-8-12(10)13-11;;;/h7-13,15-22H,14H2,1-6H3;1-7H,13H2;2*1H;/q;;;;+2/p-2. The van der Waals surface area contributed by atoms with E-state index in [2.05, 4.69) is 151 Å². The number of hydrogen-bond donors (Lipinski definition) is 0. The fraction of sp³-hybridized carbons (Fsp3) is 0.256. The fourth-order valence-electron chi connectivity index (χ4n) is 7.87. The van der Waals surface area contributed by atoms with Gasteiger partial charge in [-0.05, 0) is 0 Å². The molecule has 238 valence electrons. The van der Waals surface area contributed by atoms with Gasteiger partial charge in [-0.2, -0.15) is 0 Å². The molecule has 0 saturated heterocycles. The summed E-state index contributed by atoms with van der Waals surface area (Å²) >= 11 is -4.10. The molecule has 0 radical (unpaired) electrons. The molecule has 1 unspecified atom stereocenters. The molecule has 7 rings (SSSR count). The van der Waals surface area contributed by atoms with Crippen LogP contribution in [0.2, 0.25) is 0 Å². The van der Waals surface area contributed by atoms with Gasteiger partial charge >= 0.3 is 298 Å².